The lowest BCUT2D eigenvalue weighted by Crippen LogP contribution is -2.36. The van der Waals surface area contributed by atoms with Crippen LogP contribution in [-0.4, -0.2) is 32.0 Å². The third-order valence-corrected chi connectivity index (χ3v) is 8.82. The monoisotopic (exact) mass is 554 g/mol. The Morgan fingerprint density at radius 2 is 1.78 bits per heavy atom. The van der Waals surface area contributed by atoms with Gasteiger partial charge in [-0.1, -0.05) is 13.3 Å². The zero-order chi connectivity index (χ0) is 28.8. The average molecular weight is 555 g/mol. The average Bonchev–Trinajstić information content (AvgIpc) is 3.64. The molecule has 1 aromatic heterocycles. The van der Waals surface area contributed by atoms with Gasteiger partial charge in [-0.3, -0.25) is 9.59 Å². The van der Waals surface area contributed by atoms with E-state index in [0.29, 0.717) is 45.1 Å². The van der Waals surface area contributed by atoms with Crippen molar-refractivity contribution in [3.05, 3.63) is 76.6 Å². The molecule has 2 bridgehead atoms. The van der Waals surface area contributed by atoms with Gasteiger partial charge in [-0.25, -0.2) is 4.39 Å². The number of aryl methyl sites for hydroxylation is 2. The fraction of sp³-hybridized carbons (Fsp3) is 0.353. The summed E-state index contributed by atoms with van der Waals surface area (Å²) in [5, 5.41) is 6.66. The number of carbonyl (C=O) groups is 2. The molecule has 3 aliphatic rings. The maximum atomic E-state index is 13.7. The van der Waals surface area contributed by atoms with Gasteiger partial charge in [0, 0.05) is 24.0 Å². The first-order valence-corrected chi connectivity index (χ1v) is 14.4. The van der Waals surface area contributed by atoms with Crippen molar-refractivity contribution in [3.63, 3.8) is 0 Å². The molecule has 0 unspecified atom stereocenters. The van der Waals surface area contributed by atoms with Gasteiger partial charge in [0.25, 0.3) is 11.8 Å². The first kappa shape index (κ1) is 27.1. The number of nitrogens with one attached hydrogen (secondary N) is 2. The van der Waals surface area contributed by atoms with Crippen molar-refractivity contribution in [3.8, 4) is 28.2 Å². The highest BCUT2D eigenvalue weighted by atomic mass is 19.1. The van der Waals surface area contributed by atoms with Crippen molar-refractivity contribution in [2.75, 3.05) is 14.2 Å². The molecule has 41 heavy (non-hydrogen) atoms. The second kappa shape index (κ2) is 10.7. The van der Waals surface area contributed by atoms with Crippen molar-refractivity contribution < 1.29 is 23.1 Å². The van der Waals surface area contributed by atoms with Crippen LogP contribution in [0.1, 0.15) is 64.4 Å². The molecule has 0 radical (unpaired) electrons. The molecule has 0 spiro atoms. The van der Waals surface area contributed by atoms with Crippen LogP contribution in [0.4, 0.5) is 4.39 Å². The summed E-state index contributed by atoms with van der Waals surface area (Å²) in [6.07, 6.45) is 5.15. The van der Waals surface area contributed by atoms with E-state index in [1.165, 1.54) is 25.0 Å². The third-order valence-electron chi connectivity index (χ3n) is 8.82. The van der Waals surface area contributed by atoms with Crippen LogP contribution in [0.2, 0.25) is 0 Å². The lowest BCUT2D eigenvalue weighted by molar-refractivity contribution is 0.0924. The summed E-state index contributed by atoms with van der Waals surface area (Å²) in [6.45, 7) is 4.12. The van der Waals surface area contributed by atoms with Gasteiger partial charge in [-0.05, 0) is 115 Å². The molecule has 3 aromatic carbocycles. The Bertz CT molecular complexity index is 1650. The number of amides is 2. The quantitative estimate of drug-likeness (QED) is 0.244. The lowest BCUT2D eigenvalue weighted by atomic mass is 9.84. The summed E-state index contributed by atoms with van der Waals surface area (Å²) in [5.74, 6) is 1.48. The molecule has 3 saturated carbocycles. The van der Waals surface area contributed by atoms with Gasteiger partial charge in [0.15, 0.2) is 0 Å². The summed E-state index contributed by atoms with van der Waals surface area (Å²) in [6, 6.07) is 14.0. The van der Waals surface area contributed by atoms with E-state index in [1.54, 1.807) is 26.3 Å². The van der Waals surface area contributed by atoms with E-state index in [1.807, 2.05) is 31.2 Å². The second-order valence-electron chi connectivity index (χ2n) is 11.4. The minimum absolute atomic E-state index is 0.119. The Morgan fingerprint density at radius 3 is 2.41 bits per heavy atom. The molecule has 1 atom stereocenters. The van der Waals surface area contributed by atoms with Gasteiger partial charge < -0.3 is 19.8 Å². The smallest absolute Gasteiger partial charge is 0.255 e. The Labute approximate surface area is 239 Å². The van der Waals surface area contributed by atoms with E-state index in [-0.39, 0.29) is 23.7 Å². The van der Waals surface area contributed by atoms with Gasteiger partial charge >= 0.3 is 0 Å². The standard InChI is InChI=1S/C34H35FN2O4/c1-5-6-21-15-30-26(31(34(39)36-3)32(41-30)20-7-9-23(35)10-8-20)17-25(21)24-16-27(29(40-4)11-18(24)2)33(38)37-28-14-19-12-22(28)13-19/h7-11,15-17,19,22,28H,5-6,12-14H2,1-4H3,(H,36,39)(H,37,38)/t19?,22?,28-/m0/s1. The number of hydrogen-bond donors (Lipinski definition) is 2. The maximum Gasteiger partial charge on any atom is 0.255 e. The minimum Gasteiger partial charge on any atom is -0.496 e. The van der Waals surface area contributed by atoms with Crippen molar-refractivity contribution in [2.45, 2.75) is 52.0 Å². The Kier molecular flexibility index (Phi) is 7.06. The van der Waals surface area contributed by atoms with E-state index >= 15 is 0 Å². The Morgan fingerprint density at radius 1 is 1.02 bits per heavy atom. The lowest BCUT2D eigenvalue weighted by Gasteiger charge is -2.25. The fourth-order valence-corrected chi connectivity index (χ4v) is 6.67. The van der Waals surface area contributed by atoms with Crippen LogP contribution in [0.3, 0.4) is 0 Å². The highest BCUT2D eigenvalue weighted by molar-refractivity contribution is 6.12. The molecule has 0 saturated heterocycles. The number of benzene rings is 3. The predicted octanol–water partition coefficient (Wildman–Crippen LogP) is 7.06. The van der Waals surface area contributed by atoms with Gasteiger partial charge in [0.1, 0.15) is 22.9 Å². The van der Waals surface area contributed by atoms with Crippen LogP contribution in [0.15, 0.2) is 52.9 Å². The largest absolute Gasteiger partial charge is 0.496 e. The van der Waals surface area contributed by atoms with Gasteiger partial charge in [0.05, 0.1) is 18.2 Å². The normalized spacial score (nSPS) is 19.2. The summed E-state index contributed by atoms with van der Waals surface area (Å²) in [7, 11) is 3.17. The summed E-state index contributed by atoms with van der Waals surface area (Å²) >= 11 is 0. The molecular formula is C34H35FN2O4. The van der Waals surface area contributed by atoms with Crippen molar-refractivity contribution >= 4 is 22.8 Å². The zero-order valence-corrected chi connectivity index (χ0v) is 23.9. The molecule has 6 nitrogen and oxygen atoms in total. The highest BCUT2D eigenvalue weighted by Gasteiger charge is 2.45. The molecule has 2 amide bonds. The molecule has 0 aliphatic heterocycles. The van der Waals surface area contributed by atoms with E-state index in [2.05, 4.69) is 17.6 Å². The molecule has 212 valence electrons. The molecular weight excluding hydrogens is 519 g/mol. The van der Waals surface area contributed by atoms with Crippen molar-refractivity contribution in [2.24, 2.45) is 11.8 Å². The highest BCUT2D eigenvalue weighted by Crippen LogP contribution is 2.48. The molecule has 7 rings (SSSR count). The van der Waals surface area contributed by atoms with Crippen LogP contribution in [-0.2, 0) is 6.42 Å². The zero-order valence-electron chi connectivity index (χ0n) is 23.9. The van der Waals surface area contributed by atoms with Crippen LogP contribution in [0.5, 0.6) is 5.75 Å². The molecule has 2 N–H and O–H groups in total. The first-order chi connectivity index (χ1) is 19.8. The number of halogens is 1. The summed E-state index contributed by atoms with van der Waals surface area (Å²) in [4.78, 5) is 26.7. The number of furan rings is 1. The predicted molar refractivity (Wildman–Crippen MR) is 158 cm³/mol. The Balaban J connectivity index is 1.51. The van der Waals surface area contributed by atoms with Gasteiger partial charge in [-0.15, -0.1) is 0 Å². The van der Waals surface area contributed by atoms with E-state index < -0.39 is 0 Å². The van der Waals surface area contributed by atoms with Crippen LogP contribution in [0, 0.1) is 24.6 Å². The molecule has 7 heteroatoms. The van der Waals surface area contributed by atoms with Crippen LogP contribution in [0.25, 0.3) is 33.4 Å². The molecule has 4 aromatic rings. The number of fused-ring (bicyclic) bond motifs is 2. The Hall–Kier alpha value is -4.13. The van der Waals surface area contributed by atoms with Crippen LogP contribution < -0.4 is 15.4 Å². The number of methoxy groups -OCH3 is 1. The topological polar surface area (TPSA) is 80.6 Å². The van der Waals surface area contributed by atoms with E-state index in [0.717, 1.165) is 47.4 Å². The molecule has 3 fully saturated rings. The van der Waals surface area contributed by atoms with E-state index in [9.17, 15) is 14.0 Å². The van der Waals surface area contributed by atoms with Crippen molar-refractivity contribution in [1.29, 1.82) is 0 Å². The summed E-state index contributed by atoms with van der Waals surface area (Å²) < 4.78 is 25.6. The third kappa shape index (κ3) is 4.77. The van der Waals surface area contributed by atoms with E-state index in [4.69, 9.17) is 9.15 Å². The SMILES string of the molecule is CCCc1cc2oc(-c3ccc(F)cc3)c(C(=O)NC)c2cc1-c1cc(C(=O)N[C@H]2CC3CC2C3)c(OC)cc1C. The maximum absolute atomic E-state index is 13.7. The number of rotatable bonds is 8. The first-order valence-electron chi connectivity index (χ1n) is 14.4. The summed E-state index contributed by atoms with van der Waals surface area (Å²) in [5.41, 5.74) is 5.95. The number of ether oxygens (including phenoxy) is 1. The number of hydrogen-bond acceptors (Lipinski definition) is 4. The second-order valence-corrected chi connectivity index (χ2v) is 11.4. The van der Waals surface area contributed by atoms with Gasteiger partial charge in [-0.2, -0.15) is 0 Å². The number of carbonyl (C=O) groups excluding carboxylic acids is 2. The van der Waals surface area contributed by atoms with Crippen LogP contribution >= 0.6 is 0 Å². The van der Waals surface area contributed by atoms with Gasteiger partial charge in [0.2, 0.25) is 0 Å². The fourth-order valence-electron chi connectivity index (χ4n) is 6.67. The molecule has 3 aliphatic carbocycles. The molecule has 1 heterocycles. The minimum atomic E-state index is -0.362. The van der Waals surface area contributed by atoms with Crippen molar-refractivity contribution in [1.82, 2.24) is 10.6 Å².